The van der Waals surface area contributed by atoms with Gasteiger partial charge in [0.05, 0.1) is 23.6 Å². The van der Waals surface area contributed by atoms with Gasteiger partial charge >= 0.3 is 0 Å². The number of hydrogen-bond acceptors (Lipinski definition) is 8. The Morgan fingerprint density at radius 3 is 2.97 bits per heavy atom. The quantitative estimate of drug-likeness (QED) is 0.694. The van der Waals surface area contributed by atoms with Gasteiger partial charge in [-0.05, 0) is 13.1 Å². The third-order valence-corrected chi connectivity index (χ3v) is 5.47. The van der Waals surface area contributed by atoms with Crippen LogP contribution in [0.2, 0.25) is 0 Å². The summed E-state index contributed by atoms with van der Waals surface area (Å²) < 4.78 is 1.68. The second-order valence-corrected chi connectivity index (χ2v) is 7.54. The maximum atomic E-state index is 13.1. The number of nitrogens with zero attached hydrogens (tertiary/aromatic N) is 6. The van der Waals surface area contributed by atoms with E-state index in [1.165, 1.54) is 0 Å². The molecule has 29 heavy (non-hydrogen) atoms. The lowest BCUT2D eigenvalue weighted by Gasteiger charge is -2.34. The van der Waals surface area contributed by atoms with Crippen molar-refractivity contribution in [2.75, 3.05) is 61.0 Å². The third-order valence-electron chi connectivity index (χ3n) is 5.47. The van der Waals surface area contributed by atoms with E-state index in [4.69, 9.17) is 11.0 Å². The number of fused-ring (bicyclic) bond motifs is 1. The first-order chi connectivity index (χ1) is 14.1. The summed E-state index contributed by atoms with van der Waals surface area (Å²) in [5.41, 5.74) is 7.99. The third kappa shape index (κ3) is 3.82. The number of aromatic nitrogens is 3. The van der Waals surface area contributed by atoms with Crippen LogP contribution in [0.5, 0.6) is 0 Å². The van der Waals surface area contributed by atoms with Crippen molar-refractivity contribution in [3.63, 3.8) is 0 Å². The van der Waals surface area contributed by atoms with Crippen molar-refractivity contribution in [3.8, 4) is 6.07 Å². The first kappa shape index (κ1) is 19.0. The molecule has 1 atom stereocenters. The predicted octanol–water partition coefficient (Wildman–Crippen LogP) is 0.820. The Labute approximate surface area is 169 Å². The van der Waals surface area contributed by atoms with Gasteiger partial charge in [-0.25, -0.2) is 4.68 Å². The molecule has 0 aromatic carbocycles. The molecular formula is C19H25N9O. The highest BCUT2D eigenvalue weighted by Crippen LogP contribution is 2.30. The van der Waals surface area contributed by atoms with E-state index in [1.807, 2.05) is 6.07 Å². The smallest absolute Gasteiger partial charge is 0.263 e. The van der Waals surface area contributed by atoms with Crippen LogP contribution in [0.25, 0.3) is 0 Å². The van der Waals surface area contributed by atoms with Gasteiger partial charge < -0.3 is 26.2 Å². The number of carbonyl (C=O) groups is 1. The zero-order valence-corrected chi connectivity index (χ0v) is 16.4. The summed E-state index contributed by atoms with van der Waals surface area (Å²) in [7, 11) is 2.10. The average molecular weight is 395 g/mol. The number of anilines is 4. The molecule has 152 valence electrons. The average Bonchev–Trinajstić information content (AvgIpc) is 3.04. The van der Waals surface area contributed by atoms with Crippen LogP contribution in [-0.4, -0.2) is 65.3 Å². The minimum Gasteiger partial charge on any atom is -0.381 e. The number of nitrogens with one attached hydrogen (secondary N) is 2. The summed E-state index contributed by atoms with van der Waals surface area (Å²) in [5.74, 6) is 0.593. The number of hydrogen-bond donors (Lipinski definition) is 3. The monoisotopic (exact) mass is 395 g/mol. The van der Waals surface area contributed by atoms with Gasteiger partial charge in [0.2, 0.25) is 0 Å². The molecule has 2 aliphatic heterocycles. The molecule has 1 saturated heterocycles. The number of likely N-dealkylation sites (N-methyl/N-ethyl adjacent to an activating group) is 1. The summed E-state index contributed by atoms with van der Waals surface area (Å²) in [6, 6.07) is 4.10. The number of rotatable bonds is 4. The fourth-order valence-electron chi connectivity index (χ4n) is 3.82. The zero-order chi connectivity index (χ0) is 20.4. The fraction of sp³-hybridized carbons (Fsp3) is 0.474. The standard InChI is InChI=1S/C19H25N9O/c1-26-6-8-27(9-7-26)15-3-5-22-11-14(15)24-19(29)16-17(21)25-28-12-13(2-4-20)10-23-18(16)28/h3,5,11,13,23H,2,6-10,12H2,1H3,(H2,21,25)(H,24,29). The molecule has 0 bridgehead atoms. The number of pyridine rings is 1. The highest BCUT2D eigenvalue weighted by Gasteiger charge is 2.28. The first-order valence-corrected chi connectivity index (χ1v) is 9.72. The Bertz CT molecular complexity index is 940. The SMILES string of the molecule is CN1CCN(c2ccncc2NC(=O)c2c(N)nn3c2NCC(CC#N)C3)CC1. The Morgan fingerprint density at radius 2 is 2.21 bits per heavy atom. The number of nitrogens with two attached hydrogens (primary N) is 1. The van der Waals surface area contributed by atoms with Gasteiger partial charge in [-0.3, -0.25) is 9.78 Å². The van der Waals surface area contributed by atoms with E-state index in [2.05, 4.69) is 43.6 Å². The lowest BCUT2D eigenvalue weighted by molar-refractivity contribution is 0.102. The highest BCUT2D eigenvalue weighted by molar-refractivity contribution is 6.11. The van der Waals surface area contributed by atoms with Crippen LogP contribution in [0.4, 0.5) is 23.0 Å². The highest BCUT2D eigenvalue weighted by atomic mass is 16.1. The molecule has 4 heterocycles. The molecule has 1 amide bonds. The molecule has 2 aromatic rings. The second kappa shape index (κ2) is 7.97. The topological polar surface area (TPSA) is 128 Å². The van der Waals surface area contributed by atoms with Gasteiger partial charge in [0.1, 0.15) is 11.4 Å². The van der Waals surface area contributed by atoms with Gasteiger partial charge in [0.25, 0.3) is 5.91 Å². The van der Waals surface area contributed by atoms with Gasteiger partial charge in [-0.1, -0.05) is 0 Å². The summed E-state index contributed by atoms with van der Waals surface area (Å²) >= 11 is 0. The molecule has 0 spiro atoms. The lowest BCUT2D eigenvalue weighted by Crippen LogP contribution is -2.44. The first-order valence-electron chi connectivity index (χ1n) is 9.72. The molecule has 10 heteroatoms. The van der Waals surface area contributed by atoms with Crippen molar-refractivity contribution in [1.29, 1.82) is 5.26 Å². The molecule has 4 N–H and O–H groups in total. The predicted molar refractivity (Wildman–Crippen MR) is 111 cm³/mol. The van der Waals surface area contributed by atoms with Crippen LogP contribution in [0.1, 0.15) is 16.8 Å². The Kier molecular flexibility index (Phi) is 5.22. The van der Waals surface area contributed by atoms with E-state index in [0.29, 0.717) is 36.6 Å². The number of nitriles is 1. The van der Waals surface area contributed by atoms with Crippen molar-refractivity contribution in [3.05, 3.63) is 24.0 Å². The van der Waals surface area contributed by atoms with Gasteiger partial charge in [0, 0.05) is 57.8 Å². The molecule has 1 unspecified atom stereocenters. The number of piperazine rings is 1. The Hall–Kier alpha value is -3.32. The largest absolute Gasteiger partial charge is 0.381 e. The summed E-state index contributed by atoms with van der Waals surface area (Å²) in [5, 5.41) is 19.4. The van der Waals surface area contributed by atoms with Crippen LogP contribution >= 0.6 is 0 Å². The van der Waals surface area contributed by atoms with Crippen LogP contribution in [0, 0.1) is 17.2 Å². The molecule has 0 aliphatic carbocycles. The van der Waals surface area contributed by atoms with Gasteiger partial charge in [-0.15, -0.1) is 0 Å². The van der Waals surface area contributed by atoms with Crippen LogP contribution in [-0.2, 0) is 6.54 Å². The molecule has 0 radical (unpaired) electrons. The van der Waals surface area contributed by atoms with E-state index < -0.39 is 0 Å². The molecule has 2 aromatic heterocycles. The van der Waals surface area contributed by atoms with E-state index in [1.54, 1.807) is 17.1 Å². The number of carbonyl (C=O) groups excluding carboxylic acids is 1. The van der Waals surface area contributed by atoms with Gasteiger partial charge in [0.15, 0.2) is 5.82 Å². The van der Waals surface area contributed by atoms with E-state index in [0.717, 1.165) is 31.9 Å². The minimum absolute atomic E-state index is 0.143. The zero-order valence-electron chi connectivity index (χ0n) is 16.4. The fourth-order valence-corrected chi connectivity index (χ4v) is 3.82. The van der Waals surface area contributed by atoms with E-state index in [9.17, 15) is 4.79 Å². The molecule has 10 nitrogen and oxygen atoms in total. The summed E-state index contributed by atoms with van der Waals surface area (Å²) in [6.45, 7) is 4.87. The molecule has 4 rings (SSSR count). The summed E-state index contributed by atoms with van der Waals surface area (Å²) in [4.78, 5) is 21.8. The Morgan fingerprint density at radius 1 is 1.41 bits per heavy atom. The van der Waals surface area contributed by atoms with Crippen molar-refractivity contribution in [2.24, 2.45) is 5.92 Å². The van der Waals surface area contributed by atoms with Crippen molar-refractivity contribution >= 4 is 28.9 Å². The number of nitrogen functional groups attached to an aromatic ring is 1. The maximum absolute atomic E-state index is 13.1. The lowest BCUT2D eigenvalue weighted by atomic mass is 10.0. The maximum Gasteiger partial charge on any atom is 0.263 e. The van der Waals surface area contributed by atoms with Crippen molar-refractivity contribution in [1.82, 2.24) is 19.7 Å². The van der Waals surface area contributed by atoms with Crippen LogP contribution in [0.15, 0.2) is 18.5 Å². The van der Waals surface area contributed by atoms with E-state index in [-0.39, 0.29) is 17.6 Å². The second-order valence-electron chi connectivity index (χ2n) is 7.54. The van der Waals surface area contributed by atoms with E-state index >= 15 is 0 Å². The molecular weight excluding hydrogens is 370 g/mol. The van der Waals surface area contributed by atoms with Crippen LogP contribution in [0.3, 0.4) is 0 Å². The van der Waals surface area contributed by atoms with Gasteiger partial charge in [-0.2, -0.15) is 10.4 Å². The van der Waals surface area contributed by atoms with Crippen molar-refractivity contribution in [2.45, 2.75) is 13.0 Å². The minimum atomic E-state index is -0.321. The molecule has 0 saturated carbocycles. The number of amides is 1. The Balaban J connectivity index is 1.55. The molecule has 1 fully saturated rings. The van der Waals surface area contributed by atoms with Crippen molar-refractivity contribution < 1.29 is 4.79 Å². The van der Waals surface area contributed by atoms with Crippen LogP contribution < -0.4 is 21.3 Å². The molecule has 2 aliphatic rings. The summed E-state index contributed by atoms with van der Waals surface area (Å²) in [6.07, 6.45) is 3.82. The normalized spacial score (nSPS) is 19.2.